The Balaban J connectivity index is 2.37. The van der Waals surface area contributed by atoms with Gasteiger partial charge in [-0.25, -0.2) is 4.99 Å². The van der Waals surface area contributed by atoms with Gasteiger partial charge < -0.3 is 11.1 Å². The minimum absolute atomic E-state index is 0.311. The van der Waals surface area contributed by atoms with Crippen LogP contribution in [-0.4, -0.2) is 16.8 Å². The average molecular weight is 289 g/mol. The van der Waals surface area contributed by atoms with Crippen molar-refractivity contribution in [3.05, 3.63) is 47.2 Å². The molecule has 1 atom stereocenters. The Labute approximate surface area is 123 Å². The number of amidine groups is 1. The van der Waals surface area contributed by atoms with Crippen LogP contribution in [0.4, 0.5) is 0 Å². The maximum absolute atomic E-state index is 11.7. The van der Waals surface area contributed by atoms with E-state index in [1.54, 1.807) is 11.8 Å². The second-order valence-corrected chi connectivity index (χ2v) is 5.71. The van der Waals surface area contributed by atoms with Crippen molar-refractivity contribution in [3.63, 3.8) is 0 Å². The molecule has 0 radical (unpaired) electrons. The Bertz CT molecular complexity index is 551. The van der Waals surface area contributed by atoms with Gasteiger partial charge in [0.25, 0.3) is 0 Å². The summed E-state index contributed by atoms with van der Waals surface area (Å²) in [6, 6.07) is 9.46. The lowest BCUT2D eigenvalue weighted by Crippen LogP contribution is -2.32. The first-order chi connectivity index (χ1) is 9.63. The quantitative estimate of drug-likeness (QED) is 0.895. The number of nitrogens with two attached hydrogens (primary N) is 1. The molecule has 0 saturated carbocycles. The van der Waals surface area contributed by atoms with Gasteiger partial charge in [-0.2, -0.15) is 0 Å². The van der Waals surface area contributed by atoms with Crippen LogP contribution in [0.15, 0.2) is 46.6 Å². The summed E-state index contributed by atoms with van der Waals surface area (Å²) in [6.07, 6.45) is 1.08. The van der Waals surface area contributed by atoms with Gasteiger partial charge in [0.05, 0.1) is 5.57 Å². The van der Waals surface area contributed by atoms with E-state index in [0.717, 1.165) is 28.6 Å². The van der Waals surface area contributed by atoms with Gasteiger partial charge in [-0.05, 0) is 18.9 Å². The van der Waals surface area contributed by atoms with Crippen LogP contribution in [0.1, 0.15) is 31.9 Å². The highest BCUT2D eigenvalue weighted by atomic mass is 32.2. The molecule has 0 unspecified atom stereocenters. The van der Waals surface area contributed by atoms with E-state index in [2.05, 4.69) is 17.2 Å². The van der Waals surface area contributed by atoms with E-state index in [9.17, 15) is 4.79 Å². The van der Waals surface area contributed by atoms with Crippen molar-refractivity contribution in [2.75, 3.05) is 5.75 Å². The van der Waals surface area contributed by atoms with Crippen LogP contribution < -0.4 is 11.1 Å². The average Bonchev–Trinajstić information content (AvgIpc) is 2.45. The number of carbonyl (C=O) groups is 1. The molecule has 1 aromatic rings. The molecule has 5 heteroatoms. The molecule has 0 aromatic heterocycles. The number of benzene rings is 1. The molecule has 106 valence electrons. The summed E-state index contributed by atoms with van der Waals surface area (Å²) in [4.78, 5) is 16.4. The van der Waals surface area contributed by atoms with Gasteiger partial charge in [0, 0.05) is 11.4 Å². The third-order valence-corrected chi connectivity index (χ3v) is 4.14. The maximum atomic E-state index is 11.7. The Morgan fingerprint density at radius 1 is 1.40 bits per heavy atom. The van der Waals surface area contributed by atoms with Crippen LogP contribution >= 0.6 is 11.8 Å². The fourth-order valence-corrected chi connectivity index (χ4v) is 2.92. The summed E-state index contributed by atoms with van der Waals surface area (Å²) in [5.74, 6) is 0.569. The number of hydrogen-bond donors (Lipinski definition) is 2. The molecule has 1 heterocycles. The molecule has 2 rings (SSSR count). The predicted octanol–water partition coefficient (Wildman–Crippen LogP) is 2.59. The van der Waals surface area contributed by atoms with Crippen molar-refractivity contribution in [3.8, 4) is 0 Å². The summed E-state index contributed by atoms with van der Waals surface area (Å²) in [5.41, 5.74) is 7.83. The largest absolute Gasteiger partial charge is 0.366 e. The summed E-state index contributed by atoms with van der Waals surface area (Å²) in [5, 5.41) is 4.02. The summed E-state index contributed by atoms with van der Waals surface area (Å²) < 4.78 is 0. The number of nitrogens with one attached hydrogen (secondary N) is 1. The summed E-state index contributed by atoms with van der Waals surface area (Å²) in [7, 11) is 0. The first-order valence-corrected chi connectivity index (χ1v) is 7.65. The summed E-state index contributed by atoms with van der Waals surface area (Å²) in [6.45, 7) is 4.00. The van der Waals surface area contributed by atoms with E-state index in [-0.39, 0.29) is 6.04 Å². The second kappa shape index (κ2) is 6.61. The fraction of sp³-hybridized carbons (Fsp3) is 0.333. The number of aliphatic imine (C=N–C) groups is 1. The molecule has 0 fully saturated rings. The van der Waals surface area contributed by atoms with Crippen LogP contribution in [-0.2, 0) is 4.79 Å². The number of hydrogen-bond acceptors (Lipinski definition) is 4. The number of nitrogens with zero attached hydrogens (tertiary/aromatic N) is 1. The SMILES string of the molecule is CCCSC1=N[C@@H](c2ccccc2)C(C(N)=O)=C(C)N1. The molecule has 0 bridgehead atoms. The number of carbonyl (C=O) groups excluding carboxylic acids is 1. The fourth-order valence-electron chi connectivity index (χ4n) is 2.12. The maximum Gasteiger partial charge on any atom is 0.248 e. The monoisotopic (exact) mass is 289 g/mol. The predicted molar refractivity (Wildman–Crippen MR) is 84.4 cm³/mol. The molecule has 0 spiro atoms. The van der Waals surface area contributed by atoms with Gasteiger partial charge in [0.1, 0.15) is 6.04 Å². The van der Waals surface area contributed by atoms with Crippen molar-refractivity contribution in [2.24, 2.45) is 10.7 Å². The number of primary amides is 1. The van der Waals surface area contributed by atoms with Crippen molar-refractivity contribution in [1.82, 2.24) is 5.32 Å². The molecule has 0 aliphatic carbocycles. The van der Waals surface area contributed by atoms with Gasteiger partial charge in [-0.15, -0.1) is 0 Å². The van der Waals surface area contributed by atoms with E-state index in [1.165, 1.54) is 0 Å². The smallest absolute Gasteiger partial charge is 0.248 e. The molecule has 1 aromatic carbocycles. The second-order valence-electron chi connectivity index (χ2n) is 4.62. The van der Waals surface area contributed by atoms with Crippen LogP contribution in [0.25, 0.3) is 0 Å². The van der Waals surface area contributed by atoms with Gasteiger partial charge in [-0.3, -0.25) is 4.79 Å². The Morgan fingerprint density at radius 3 is 2.70 bits per heavy atom. The summed E-state index contributed by atoms with van der Waals surface area (Å²) >= 11 is 1.67. The van der Waals surface area contributed by atoms with Gasteiger partial charge in [0.2, 0.25) is 5.91 Å². The van der Waals surface area contributed by atoms with E-state index in [1.807, 2.05) is 37.3 Å². The minimum Gasteiger partial charge on any atom is -0.366 e. The molecular weight excluding hydrogens is 270 g/mol. The first-order valence-electron chi connectivity index (χ1n) is 6.66. The van der Waals surface area contributed by atoms with Gasteiger partial charge in [0.15, 0.2) is 5.17 Å². The third-order valence-electron chi connectivity index (χ3n) is 3.04. The molecular formula is C15H19N3OS. The highest BCUT2D eigenvalue weighted by Crippen LogP contribution is 2.31. The van der Waals surface area contributed by atoms with Crippen molar-refractivity contribution in [2.45, 2.75) is 26.3 Å². The number of amides is 1. The van der Waals surface area contributed by atoms with Crippen LogP contribution in [0.5, 0.6) is 0 Å². The molecule has 1 aliphatic rings. The number of rotatable bonds is 4. The van der Waals surface area contributed by atoms with Crippen molar-refractivity contribution < 1.29 is 4.79 Å². The van der Waals surface area contributed by atoms with Crippen LogP contribution in [0.2, 0.25) is 0 Å². The van der Waals surface area contributed by atoms with Gasteiger partial charge in [-0.1, -0.05) is 49.0 Å². The van der Waals surface area contributed by atoms with Gasteiger partial charge >= 0.3 is 0 Å². The number of thioether (sulfide) groups is 1. The lowest BCUT2D eigenvalue weighted by molar-refractivity contribution is -0.114. The minimum atomic E-state index is -0.424. The molecule has 4 nitrogen and oxygen atoms in total. The molecule has 1 aliphatic heterocycles. The first kappa shape index (κ1) is 14.7. The molecule has 1 amide bonds. The third kappa shape index (κ3) is 3.22. The lowest BCUT2D eigenvalue weighted by atomic mass is 9.96. The van der Waals surface area contributed by atoms with E-state index in [0.29, 0.717) is 5.57 Å². The van der Waals surface area contributed by atoms with E-state index < -0.39 is 5.91 Å². The van der Waals surface area contributed by atoms with Crippen LogP contribution in [0, 0.1) is 0 Å². The molecule has 0 saturated heterocycles. The topological polar surface area (TPSA) is 67.5 Å². The zero-order valence-electron chi connectivity index (χ0n) is 11.7. The molecule has 3 N–H and O–H groups in total. The van der Waals surface area contributed by atoms with Crippen molar-refractivity contribution >= 4 is 22.8 Å². The Kier molecular flexibility index (Phi) is 4.84. The lowest BCUT2D eigenvalue weighted by Gasteiger charge is -2.25. The van der Waals surface area contributed by atoms with E-state index >= 15 is 0 Å². The van der Waals surface area contributed by atoms with Crippen molar-refractivity contribution in [1.29, 1.82) is 0 Å². The standard InChI is InChI=1S/C15H19N3OS/c1-3-9-20-15-17-10(2)12(14(16)19)13(18-15)11-7-5-4-6-8-11/h4-8,13H,3,9H2,1-2H3,(H2,16,19)(H,17,18)/t13-/m0/s1. The number of allylic oxidation sites excluding steroid dienone is 1. The highest BCUT2D eigenvalue weighted by Gasteiger charge is 2.27. The Hall–Kier alpha value is -1.75. The van der Waals surface area contributed by atoms with Crippen LogP contribution in [0.3, 0.4) is 0 Å². The zero-order chi connectivity index (χ0) is 14.5. The Morgan fingerprint density at radius 2 is 2.10 bits per heavy atom. The molecule has 20 heavy (non-hydrogen) atoms. The van der Waals surface area contributed by atoms with E-state index in [4.69, 9.17) is 5.73 Å². The zero-order valence-corrected chi connectivity index (χ0v) is 12.5. The highest BCUT2D eigenvalue weighted by molar-refractivity contribution is 8.13. The normalized spacial score (nSPS) is 18.5.